The van der Waals surface area contributed by atoms with Crippen LogP contribution in [0.2, 0.25) is 0 Å². The molecule has 138 valence electrons. The van der Waals surface area contributed by atoms with E-state index in [1.54, 1.807) is 12.1 Å². The van der Waals surface area contributed by atoms with Crippen molar-refractivity contribution in [1.29, 1.82) is 0 Å². The highest BCUT2D eigenvalue weighted by atomic mass is 19.1. The van der Waals surface area contributed by atoms with Crippen LogP contribution in [0, 0.1) is 17.5 Å². The number of carbonyl (C=O) groups is 1. The lowest BCUT2D eigenvalue weighted by Crippen LogP contribution is -2.08. The Morgan fingerprint density at radius 2 is 1.78 bits per heavy atom. The van der Waals surface area contributed by atoms with E-state index in [-0.39, 0.29) is 5.56 Å². The van der Waals surface area contributed by atoms with Crippen LogP contribution in [0.3, 0.4) is 0 Å². The van der Waals surface area contributed by atoms with Crippen molar-refractivity contribution < 1.29 is 27.8 Å². The van der Waals surface area contributed by atoms with Crippen LogP contribution < -0.4 is 4.74 Å². The number of aromatic hydroxyl groups is 1. The number of hydrogen-bond acceptors (Lipinski definition) is 3. The van der Waals surface area contributed by atoms with Gasteiger partial charge < -0.3 is 9.84 Å². The van der Waals surface area contributed by atoms with Crippen molar-refractivity contribution in [1.82, 2.24) is 0 Å². The van der Waals surface area contributed by atoms with Gasteiger partial charge in [0, 0.05) is 17.5 Å². The summed E-state index contributed by atoms with van der Waals surface area (Å²) in [6.45, 7) is 0. The van der Waals surface area contributed by atoms with E-state index in [4.69, 9.17) is 4.74 Å². The molecule has 0 spiro atoms. The molecule has 0 unspecified atom stereocenters. The Morgan fingerprint density at radius 1 is 1.00 bits per heavy atom. The lowest BCUT2D eigenvalue weighted by molar-refractivity contribution is 0.0990. The highest BCUT2D eigenvalue weighted by molar-refractivity contribution is 5.99. The van der Waals surface area contributed by atoms with Crippen molar-refractivity contribution in [3.05, 3.63) is 83.2 Å². The maximum Gasteiger partial charge on any atom is 0.171 e. The van der Waals surface area contributed by atoms with Crippen LogP contribution in [-0.2, 0) is 6.42 Å². The van der Waals surface area contributed by atoms with E-state index in [9.17, 15) is 23.1 Å². The third-order valence-electron chi connectivity index (χ3n) is 4.13. The van der Waals surface area contributed by atoms with Gasteiger partial charge in [0.05, 0.1) is 7.11 Å². The number of rotatable bonds is 5. The van der Waals surface area contributed by atoms with Crippen LogP contribution in [0.1, 0.15) is 15.9 Å². The monoisotopic (exact) mass is 372 g/mol. The van der Waals surface area contributed by atoms with Crippen molar-refractivity contribution in [2.45, 2.75) is 6.42 Å². The average molecular weight is 372 g/mol. The standard InChI is InChI=1S/C21H15F3O3/c1-27-16-9-13(12-3-2-4-15(22)8-12)7-14(10-16)20(26)11-17-18(23)5-6-19(25)21(17)24/h2-10,25H,11H2,1H3. The fraction of sp³-hybridized carbons (Fsp3) is 0.0952. The minimum Gasteiger partial charge on any atom is -0.505 e. The predicted molar refractivity (Wildman–Crippen MR) is 94.4 cm³/mol. The summed E-state index contributed by atoms with van der Waals surface area (Å²) in [6, 6.07) is 12.1. The summed E-state index contributed by atoms with van der Waals surface area (Å²) in [6.07, 6.45) is -0.582. The number of halogens is 3. The fourth-order valence-electron chi connectivity index (χ4n) is 2.72. The van der Waals surface area contributed by atoms with Gasteiger partial charge in [0.2, 0.25) is 0 Å². The quantitative estimate of drug-likeness (QED) is 0.648. The summed E-state index contributed by atoms with van der Waals surface area (Å²) in [5.74, 6) is -3.49. The summed E-state index contributed by atoms with van der Waals surface area (Å²) in [7, 11) is 1.41. The van der Waals surface area contributed by atoms with Gasteiger partial charge in [-0.15, -0.1) is 0 Å². The van der Waals surface area contributed by atoms with Crippen LogP contribution in [-0.4, -0.2) is 18.0 Å². The van der Waals surface area contributed by atoms with Crippen LogP contribution in [0.25, 0.3) is 11.1 Å². The molecule has 0 atom stereocenters. The molecule has 1 N–H and O–H groups in total. The van der Waals surface area contributed by atoms with Crippen molar-refractivity contribution in [2.75, 3.05) is 7.11 Å². The number of ether oxygens (including phenoxy) is 1. The molecular weight excluding hydrogens is 357 g/mol. The molecule has 0 saturated carbocycles. The Balaban J connectivity index is 2.00. The van der Waals surface area contributed by atoms with Crippen LogP contribution >= 0.6 is 0 Å². The molecule has 0 aliphatic rings. The fourth-order valence-corrected chi connectivity index (χ4v) is 2.72. The number of methoxy groups -OCH3 is 1. The van der Waals surface area contributed by atoms with Crippen molar-refractivity contribution >= 4 is 5.78 Å². The normalized spacial score (nSPS) is 10.7. The molecular formula is C21H15F3O3. The van der Waals surface area contributed by atoms with E-state index in [1.165, 1.54) is 37.4 Å². The van der Waals surface area contributed by atoms with Gasteiger partial charge in [-0.25, -0.2) is 13.2 Å². The van der Waals surface area contributed by atoms with Gasteiger partial charge in [-0.3, -0.25) is 4.79 Å². The Labute approximate surface area is 153 Å². The molecule has 0 saturated heterocycles. The first kappa shape index (κ1) is 18.5. The topological polar surface area (TPSA) is 46.5 Å². The van der Waals surface area contributed by atoms with Gasteiger partial charge in [-0.05, 0) is 53.6 Å². The third-order valence-corrected chi connectivity index (χ3v) is 4.13. The van der Waals surface area contributed by atoms with E-state index in [0.29, 0.717) is 16.9 Å². The largest absolute Gasteiger partial charge is 0.505 e. The lowest BCUT2D eigenvalue weighted by Gasteiger charge is -2.10. The Bertz CT molecular complexity index is 1020. The zero-order chi connectivity index (χ0) is 19.6. The van der Waals surface area contributed by atoms with Crippen molar-refractivity contribution in [2.24, 2.45) is 0 Å². The van der Waals surface area contributed by atoms with Gasteiger partial charge in [-0.1, -0.05) is 12.1 Å². The maximum absolute atomic E-state index is 14.0. The summed E-state index contributed by atoms with van der Waals surface area (Å²) in [4.78, 5) is 12.6. The van der Waals surface area contributed by atoms with Crippen molar-refractivity contribution in [3.63, 3.8) is 0 Å². The molecule has 3 aromatic rings. The first-order valence-electron chi connectivity index (χ1n) is 8.03. The van der Waals surface area contributed by atoms with Gasteiger partial charge in [0.1, 0.15) is 17.4 Å². The van der Waals surface area contributed by atoms with E-state index in [1.807, 2.05) is 0 Å². The minimum atomic E-state index is -1.17. The van der Waals surface area contributed by atoms with Crippen LogP contribution in [0.15, 0.2) is 54.6 Å². The molecule has 0 radical (unpaired) electrons. The zero-order valence-electron chi connectivity index (χ0n) is 14.3. The molecule has 0 fully saturated rings. The van der Waals surface area contributed by atoms with Gasteiger partial charge in [-0.2, -0.15) is 0 Å². The number of phenolic OH excluding ortho intramolecular Hbond substituents is 1. The number of carbonyl (C=O) groups excluding carboxylic acids is 1. The number of phenols is 1. The number of ketones is 1. The summed E-state index contributed by atoms with van der Waals surface area (Å²) in [5, 5.41) is 9.40. The number of benzene rings is 3. The summed E-state index contributed by atoms with van der Waals surface area (Å²) < 4.78 is 46.5. The minimum absolute atomic E-state index is 0.149. The van der Waals surface area contributed by atoms with E-state index in [2.05, 4.69) is 0 Å². The molecule has 6 heteroatoms. The summed E-state index contributed by atoms with van der Waals surface area (Å²) >= 11 is 0. The van der Waals surface area contributed by atoms with Crippen molar-refractivity contribution in [3.8, 4) is 22.6 Å². The molecule has 0 aromatic heterocycles. The number of hydrogen-bond donors (Lipinski definition) is 1. The molecule has 0 aliphatic carbocycles. The first-order valence-corrected chi connectivity index (χ1v) is 8.03. The zero-order valence-corrected chi connectivity index (χ0v) is 14.3. The van der Waals surface area contributed by atoms with Gasteiger partial charge in [0.25, 0.3) is 0 Å². The molecule has 3 rings (SSSR count). The Morgan fingerprint density at radius 3 is 2.48 bits per heavy atom. The second-order valence-corrected chi connectivity index (χ2v) is 5.92. The molecule has 0 heterocycles. The SMILES string of the molecule is COc1cc(C(=O)Cc2c(F)ccc(O)c2F)cc(-c2cccc(F)c2)c1. The lowest BCUT2D eigenvalue weighted by atomic mass is 9.97. The molecule has 0 aliphatic heterocycles. The second kappa shape index (κ2) is 7.53. The van der Waals surface area contributed by atoms with Crippen LogP contribution in [0.4, 0.5) is 13.2 Å². The first-order chi connectivity index (χ1) is 12.9. The molecule has 0 bridgehead atoms. The second-order valence-electron chi connectivity index (χ2n) is 5.92. The summed E-state index contributed by atoms with van der Waals surface area (Å²) in [5.41, 5.74) is 0.678. The third kappa shape index (κ3) is 3.95. The average Bonchev–Trinajstić information content (AvgIpc) is 2.67. The van der Waals surface area contributed by atoms with E-state index < -0.39 is 41.0 Å². The molecule has 3 aromatic carbocycles. The number of Topliss-reactive ketones (excluding diaryl/α,β-unsaturated/α-hetero) is 1. The van der Waals surface area contributed by atoms with E-state index in [0.717, 1.165) is 12.1 Å². The smallest absolute Gasteiger partial charge is 0.171 e. The highest BCUT2D eigenvalue weighted by Crippen LogP contribution is 2.28. The molecule has 3 nitrogen and oxygen atoms in total. The predicted octanol–water partition coefficient (Wildman–Crippen LogP) is 4.91. The van der Waals surface area contributed by atoms with Gasteiger partial charge >= 0.3 is 0 Å². The van der Waals surface area contributed by atoms with Gasteiger partial charge in [0.15, 0.2) is 17.3 Å². The van der Waals surface area contributed by atoms with E-state index >= 15 is 0 Å². The molecule has 27 heavy (non-hydrogen) atoms. The maximum atomic E-state index is 14.0. The Hall–Kier alpha value is -3.28. The highest BCUT2D eigenvalue weighted by Gasteiger charge is 2.19. The molecule has 0 amide bonds. The Kier molecular flexibility index (Phi) is 5.16. The van der Waals surface area contributed by atoms with Crippen LogP contribution in [0.5, 0.6) is 11.5 Å².